The summed E-state index contributed by atoms with van der Waals surface area (Å²) in [6, 6.07) is 0. The van der Waals surface area contributed by atoms with Crippen LogP contribution in [0.15, 0.2) is 0 Å². The number of nitrogens with one attached hydrogen (secondary N) is 1. The van der Waals surface area contributed by atoms with Crippen LogP contribution in [0.25, 0.3) is 0 Å². The molecular formula is C12H20N2O5. The first-order valence-electron chi connectivity index (χ1n) is 6.68. The van der Waals surface area contributed by atoms with Crippen molar-refractivity contribution >= 4 is 12.0 Å². The zero-order chi connectivity index (χ0) is 13.7. The minimum Gasteiger partial charge on any atom is -0.433 e. The molecule has 0 aromatic rings. The average molecular weight is 272 g/mol. The third-order valence-corrected chi connectivity index (χ3v) is 3.73. The second-order valence-electron chi connectivity index (χ2n) is 4.96. The summed E-state index contributed by atoms with van der Waals surface area (Å²) < 4.78 is 10.6. The first-order valence-corrected chi connectivity index (χ1v) is 6.68. The average Bonchev–Trinajstić information content (AvgIpc) is 2.48. The molecule has 0 spiro atoms. The lowest BCUT2D eigenvalue weighted by Crippen LogP contribution is -2.53. The third-order valence-electron chi connectivity index (χ3n) is 3.73. The smallest absolute Gasteiger partial charge is 0.410 e. The van der Waals surface area contributed by atoms with E-state index >= 15 is 0 Å². The standard InChI is InChI=1S/C12H20N2O5/c15-10(13-17)12(4-2-1-3-5-12)19-11(16)14-6-8-18-9-7-14/h17H,1-9H2,(H,13,15). The maximum atomic E-state index is 12.1. The van der Waals surface area contributed by atoms with Crippen LogP contribution in [-0.2, 0) is 14.3 Å². The molecule has 2 N–H and O–H groups in total. The Hall–Kier alpha value is -1.34. The molecule has 0 unspecified atom stereocenters. The highest BCUT2D eigenvalue weighted by Crippen LogP contribution is 2.32. The highest BCUT2D eigenvalue weighted by Gasteiger charge is 2.44. The molecule has 7 nitrogen and oxygen atoms in total. The molecule has 7 heteroatoms. The number of carbonyl (C=O) groups is 2. The zero-order valence-electron chi connectivity index (χ0n) is 10.9. The molecule has 0 atom stereocenters. The fourth-order valence-corrected chi connectivity index (χ4v) is 2.58. The molecule has 2 amide bonds. The summed E-state index contributed by atoms with van der Waals surface area (Å²) in [5.41, 5.74) is 0.405. The van der Waals surface area contributed by atoms with Crippen molar-refractivity contribution in [2.75, 3.05) is 26.3 Å². The molecule has 0 aromatic carbocycles. The molecule has 0 bridgehead atoms. The number of rotatable bonds is 2. The minimum absolute atomic E-state index is 0.454. The van der Waals surface area contributed by atoms with Crippen molar-refractivity contribution in [2.45, 2.75) is 37.7 Å². The Labute approximate surface area is 111 Å². The second kappa shape index (κ2) is 6.21. The van der Waals surface area contributed by atoms with Crippen molar-refractivity contribution in [2.24, 2.45) is 0 Å². The van der Waals surface area contributed by atoms with Crippen LogP contribution in [0.1, 0.15) is 32.1 Å². The first-order chi connectivity index (χ1) is 9.18. The Morgan fingerprint density at radius 1 is 1.16 bits per heavy atom. The van der Waals surface area contributed by atoms with Crippen LogP contribution in [0.2, 0.25) is 0 Å². The minimum atomic E-state index is -1.22. The summed E-state index contributed by atoms with van der Waals surface area (Å²) in [5, 5.41) is 8.85. The fourth-order valence-electron chi connectivity index (χ4n) is 2.58. The first kappa shape index (κ1) is 14.1. The monoisotopic (exact) mass is 272 g/mol. The van der Waals surface area contributed by atoms with Gasteiger partial charge >= 0.3 is 6.09 Å². The summed E-state index contributed by atoms with van der Waals surface area (Å²) in [4.78, 5) is 25.4. The summed E-state index contributed by atoms with van der Waals surface area (Å²) in [5.74, 6) is -0.631. The molecule has 2 fully saturated rings. The van der Waals surface area contributed by atoms with E-state index < -0.39 is 17.6 Å². The molecule has 1 heterocycles. The van der Waals surface area contributed by atoms with Crippen molar-refractivity contribution in [3.05, 3.63) is 0 Å². The number of ether oxygens (including phenoxy) is 2. The lowest BCUT2D eigenvalue weighted by molar-refractivity contribution is -0.154. The molecule has 1 saturated heterocycles. The van der Waals surface area contributed by atoms with Crippen LogP contribution in [0.4, 0.5) is 4.79 Å². The van der Waals surface area contributed by atoms with Crippen molar-refractivity contribution in [1.82, 2.24) is 10.4 Å². The molecule has 0 aromatic heterocycles. The van der Waals surface area contributed by atoms with Gasteiger partial charge in [0.1, 0.15) is 0 Å². The predicted octanol–water partition coefficient (Wildman–Crippen LogP) is 0.663. The van der Waals surface area contributed by atoms with E-state index in [1.165, 1.54) is 4.90 Å². The normalized spacial score (nSPS) is 22.7. The van der Waals surface area contributed by atoms with E-state index in [-0.39, 0.29) is 0 Å². The van der Waals surface area contributed by atoms with Crippen LogP contribution in [0.3, 0.4) is 0 Å². The fraction of sp³-hybridized carbons (Fsp3) is 0.833. The van der Waals surface area contributed by atoms with Gasteiger partial charge in [0.2, 0.25) is 0 Å². The third kappa shape index (κ3) is 3.16. The van der Waals surface area contributed by atoms with Gasteiger partial charge in [0.25, 0.3) is 5.91 Å². The maximum absolute atomic E-state index is 12.1. The largest absolute Gasteiger partial charge is 0.433 e. The van der Waals surface area contributed by atoms with Gasteiger partial charge in [-0.1, -0.05) is 6.42 Å². The number of hydrogen-bond acceptors (Lipinski definition) is 5. The Kier molecular flexibility index (Phi) is 4.60. The van der Waals surface area contributed by atoms with E-state index in [9.17, 15) is 9.59 Å². The summed E-state index contributed by atoms with van der Waals surface area (Å²) in [6.45, 7) is 1.90. The van der Waals surface area contributed by atoms with Gasteiger partial charge in [0.15, 0.2) is 5.60 Å². The quantitative estimate of drug-likeness (QED) is 0.569. The van der Waals surface area contributed by atoms with E-state index in [0.29, 0.717) is 39.1 Å². The lowest BCUT2D eigenvalue weighted by atomic mass is 9.84. The molecule has 2 rings (SSSR count). The van der Waals surface area contributed by atoms with Crippen LogP contribution in [-0.4, -0.2) is 54.0 Å². The van der Waals surface area contributed by atoms with Crippen molar-refractivity contribution in [3.63, 3.8) is 0 Å². The van der Waals surface area contributed by atoms with Crippen molar-refractivity contribution in [3.8, 4) is 0 Å². The summed E-state index contributed by atoms with van der Waals surface area (Å²) in [6.07, 6.45) is 3.03. The molecule has 1 saturated carbocycles. The lowest BCUT2D eigenvalue weighted by Gasteiger charge is -2.36. The molecule has 1 aliphatic carbocycles. The van der Waals surface area contributed by atoms with Crippen LogP contribution in [0.5, 0.6) is 0 Å². The number of amides is 2. The number of hydroxylamine groups is 1. The van der Waals surface area contributed by atoms with Gasteiger partial charge in [-0.25, -0.2) is 10.3 Å². The SMILES string of the molecule is O=C(OC1(C(=O)NO)CCCCC1)N1CCOCC1. The Morgan fingerprint density at radius 3 is 2.37 bits per heavy atom. The van der Waals surface area contributed by atoms with Gasteiger partial charge in [-0.05, 0) is 25.7 Å². The van der Waals surface area contributed by atoms with Crippen LogP contribution >= 0.6 is 0 Å². The predicted molar refractivity (Wildman–Crippen MR) is 64.6 cm³/mol. The molecule has 19 heavy (non-hydrogen) atoms. The summed E-state index contributed by atoms with van der Waals surface area (Å²) in [7, 11) is 0. The number of carbonyl (C=O) groups excluding carboxylic acids is 2. The molecule has 108 valence electrons. The van der Waals surface area contributed by atoms with Gasteiger partial charge in [-0.3, -0.25) is 10.0 Å². The van der Waals surface area contributed by atoms with E-state index in [1.807, 2.05) is 0 Å². The number of hydrogen-bond donors (Lipinski definition) is 2. The molecule has 0 radical (unpaired) electrons. The van der Waals surface area contributed by atoms with E-state index in [2.05, 4.69) is 0 Å². The zero-order valence-corrected chi connectivity index (χ0v) is 10.9. The van der Waals surface area contributed by atoms with Gasteiger partial charge in [0, 0.05) is 13.1 Å². The topological polar surface area (TPSA) is 88.1 Å². The summed E-state index contributed by atoms with van der Waals surface area (Å²) >= 11 is 0. The van der Waals surface area contributed by atoms with Gasteiger partial charge in [0.05, 0.1) is 13.2 Å². The van der Waals surface area contributed by atoms with E-state index in [1.54, 1.807) is 5.48 Å². The van der Waals surface area contributed by atoms with E-state index in [4.69, 9.17) is 14.7 Å². The Bertz CT molecular complexity index is 335. The Balaban J connectivity index is 2.02. The molecule has 2 aliphatic rings. The van der Waals surface area contributed by atoms with Gasteiger partial charge in [-0.15, -0.1) is 0 Å². The van der Waals surface area contributed by atoms with Crippen molar-refractivity contribution in [1.29, 1.82) is 0 Å². The highest BCUT2D eigenvalue weighted by atomic mass is 16.6. The number of nitrogens with zero attached hydrogens (tertiary/aromatic N) is 1. The van der Waals surface area contributed by atoms with Crippen molar-refractivity contribution < 1.29 is 24.3 Å². The van der Waals surface area contributed by atoms with Gasteiger partial charge < -0.3 is 14.4 Å². The molecule has 1 aliphatic heterocycles. The highest BCUT2D eigenvalue weighted by molar-refractivity contribution is 5.86. The number of morpholine rings is 1. The van der Waals surface area contributed by atoms with Crippen LogP contribution < -0.4 is 5.48 Å². The second-order valence-corrected chi connectivity index (χ2v) is 4.96. The Morgan fingerprint density at radius 2 is 1.79 bits per heavy atom. The maximum Gasteiger partial charge on any atom is 0.410 e. The van der Waals surface area contributed by atoms with Crippen LogP contribution in [0, 0.1) is 0 Å². The van der Waals surface area contributed by atoms with E-state index in [0.717, 1.165) is 19.3 Å². The molecular weight excluding hydrogens is 252 g/mol. The van der Waals surface area contributed by atoms with Gasteiger partial charge in [-0.2, -0.15) is 0 Å².